The van der Waals surface area contributed by atoms with Crippen LogP contribution in [0.1, 0.15) is 6.92 Å². The van der Waals surface area contributed by atoms with Crippen molar-refractivity contribution >= 4 is 11.7 Å². The van der Waals surface area contributed by atoms with Crippen LogP contribution in [-0.4, -0.2) is 31.8 Å². The number of benzene rings is 1. The Bertz CT molecular complexity index is 774. The molecule has 2 heterocycles. The van der Waals surface area contributed by atoms with Gasteiger partial charge in [-0.25, -0.2) is 14.6 Å². The normalized spacial score (nSPS) is 11.7. The van der Waals surface area contributed by atoms with Gasteiger partial charge in [0.15, 0.2) is 11.9 Å². The molecule has 0 spiro atoms. The molecular formula is C16H15N5O2. The van der Waals surface area contributed by atoms with Crippen molar-refractivity contribution in [1.82, 2.24) is 19.7 Å². The average Bonchev–Trinajstić information content (AvgIpc) is 3.10. The van der Waals surface area contributed by atoms with E-state index < -0.39 is 6.10 Å². The summed E-state index contributed by atoms with van der Waals surface area (Å²) >= 11 is 0. The van der Waals surface area contributed by atoms with E-state index in [1.165, 1.54) is 6.33 Å². The Hall–Kier alpha value is -3.22. The Morgan fingerprint density at radius 3 is 2.78 bits per heavy atom. The van der Waals surface area contributed by atoms with Gasteiger partial charge in [0.1, 0.15) is 17.9 Å². The smallest absolute Gasteiger partial charge is 0.266 e. The van der Waals surface area contributed by atoms with Gasteiger partial charge in [0.25, 0.3) is 5.91 Å². The molecule has 0 aliphatic heterocycles. The predicted molar refractivity (Wildman–Crippen MR) is 84.3 cm³/mol. The summed E-state index contributed by atoms with van der Waals surface area (Å²) in [5, 5.41) is 6.79. The van der Waals surface area contributed by atoms with Gasteiger partial charge in [-0.05, 0) is 25.1 Å². The van der Waals surface area contributed by atoms with Crippen molar-refractivity contribution in [3.05, 3.63) is 61.2 Å². The summed E-state index contributed by atoms with van der Waals surface area (Å²) in [7, 11) is 0. The second-order valence-electron chi connectivity index (χ2n) is 4.77. The number of aromatic nitrogens is 4. The summed E-state index contributed by atoms with van der Waals surface area (Å²) in [6.45, 7) is 1.68. The molecule has 1 N–H and O–H groups in total. The van der Waals surface area contributed by atoms with E-state index >= 15 is 0 Å². The van der Waals surface area contributed by atoms with Crippen molar-refractivity contribution < 1.29 is 9.53 Å². The van der Waals surface area contributed by atoms with Gasteiger partial charge in [-0.3, -0.25) is 4.79 Å². The zero-order chi connectivity index (χ0) is 16.1. The molecule has 0 aliphatic carbocycles. The third kappa shape index (κ3) is 3.70. The first-order valence-corrected chi connectivity index (χ1v) is 7.07. The first kappa shape index (κ1) is 14.7. The van der Waals surface area contributed by atoms with Crippen LogP contribution in [0, 0.1) is 0 Å². The quantitative estimate of drug-likeness (QED) is 0.780. The number of ether oxygens (including phenoxy) is 1. The molecule has 1 amide bonds. The van der Waals surface area contributed by atoms with Gasteiger partial charge in [-0.2, -0.15) is 5.10 Å². The van der Waals surface area contributed by atoms with Crippen molar-refractivity contribution in [2.24, 2.45) is 0 Å². The van der Waals surface area contributed by atoms with Gasteiger partial charge in [0.2, 0.25) is 0 Å². The van der Waals surface area contributed by atoms with Gasteiger partial charge < -0.3 is 10.1 Å². The van der Waals surface area contributed by atoms with Crippen LogP contribution in [-0.2, 0) is 4.79 Å². The Morgan fingerprint density at radius 2 is 2.04 bits per heavy atom. The van der Waals surface area contributed by atoms with E-state index in [1.54, 1.807) is 48.3 Å². The minimum absolute atomic E-state index is 0.293. The molecule has 23 heavy (non-hydrogen) atoms. The summed E-state index contributed by atoms with van der Waals surface area (Å²) in [6.07, 6.45) is 4.13. The van der Waals surface area contributed by atoms with Gasteiger partial charge in [-0.15, -0.1) is 0 Å². The number of hydrogen-bond acceptors (Lipinski definition) is 5. The molecule has 7 heteroatoms. The third-order valence-corrected chi connectivity index (χ3v) is 3.07. The monoisotopic (exact) mass is 309 g/mol. The Kier molecular flexibility index (Phi) is 4.28. The number of nitrogens with zero attached hydrogens (tertiary/aromatic N) is 4. The van der Waals surface area contributed by atoms with E-state index in [2.05, 4.69) is 20.4 Å². The number of hydrogen-bond donors (Lipinski definition) is 1. The lowest BCUT2D eigenvalue weighted by Crippen LogP contribution is -2.30. The summed E-state index contributed by atoms with van der Waals surface area (Å²) in [5.74, 6) is 1.30. The first-order valence-electron chi connectivity index (χ1n) is 7.07. The van der Waals surface area contributed by atoms with Crippen molar-refractivity contribution in [3.8, 4) is 11.6 Å². The molecule has 0 saturated heterocycles. The molecule has 2 aromatic heterocycles. The van der Waals surface area contributed by atoms with Crippen molar-refractivity contribution in [1.29, 1.82) is 0 Å². The summed E-state index contributed by atoms with van der Waals surface area (Å²) in [4.78, 5) is 20.3. The fraction of sp³-hybridized carbons (Fsp3) is 0.125. The topological polar surface area (TPSA) is 81.9 Å². The van der Waals surface area contributed by atoms with Crippen LogP contribution >= 0.6 is 0 Å². The molecule has 0 saturated carbocycles. The van der Waals surface area contributed by atoms with Crippen LogP contribution < -0.4 is 10.1 Å². The summed E-state index contributed by atoms with van der Waals surface area (Å²) < 4.78 is 7.16. The van der Waals surface area contributed by atoms with Gasteiger partial charge in [0.05, 0.1) is 0 Å². The van der Waals surface area contributed by atoms with Crippen LogP contribution in [0.3, 0.4) is 0 Å². The summed E-state index contributed by atoms with van der Waals surface area (Å²) in [6, 6.07) is 12.6. The molecule has 3 rings (SSSR count). The number of carbonyl (C=O) groups excluding carboxylic acids is 1. The van der Waals surface area contributed by atoms with Gasteiger partial charge in [-0.1, -0.05) is 18.2 Å². The Morgan fingerprint density at radius 1 is 1.22 bits per heavy atom. The van der Waals surface area contributed by atoms with Crippen LogP contribution in [0.5, 0.6) is 5.75 Å². The highest BCUT2D eigenvalue weighted by Gasteiger charge is 2.15. The highest BCUT2D eigenvalue weighted by atomic mass is 16.5. The van der Waals surface area contributed by atoms with Gasteiger partial charge in [0, 0.05) is 18.5 Å². The number of para-hydroxylation sites is 1. The van der Waals surface area contributed by atoms with Crippen molar-refractivity contribution in [2.45, 2.75) is 13.0 Å². The minimum atomic E-state index is -0.652. The number of carbonyl (C=O) groups is 1. The maximum Gasteiger partial charge on any atom is 0.266 e. The molecule has 0 bridgehead atoms. The summed E-state index contributed by atoms with van der Waals surface area (Å²) in [5.41, 5.74) is 0. The molecule has 0 radical (unpaired) electrons. The highest BCUT2D eigenvalue weighted by molar-refractivity contribution is 5.93. The van der Waals surface area contributed by atoms with Gasteiger partial charge >= 0.3 is 0 Å². The molecule has 0 aliphatic rings. The molecule has 3 aromatic rings. The lowest BCUT2D eigenvalue weighted by atomic mass is 10.3. The number of nitrogens with one attached hydrogen (secondary N) is 1. The van der Waals surface area contributed by atoms with E-state index in [0.29, 0.717) is 17.4 Å². The molecule has 1 atom stereocenters. The Balaban J connectivity index is 1.67. The first-order chi connectivity index (χ1) is 11.2. The zero-order valence-corrected chi connectivity index (χ0v) is 12.5. The molecule has 0 fully saturated rings. The fourth-order valence-corrected chi connectivity index (χ4v) is 1.93. The maximum absolute atomic E-state index is 12.2. The average molecular weight is 309 g/mol. The molecule has 7 nitrogen and oxygen atoms in total. The SMILES string of the molecule is CC(Oc1ccccc1)C(=O)Nc1cc(-n2cccn2)ncn1. The lowest BCUT2D eigenvalue weighted by molar-refractivity contribution is -0.122. The van der Waals surface area contributed by atoms with E-state index in [1.807, 2.05) is 18.2 Å². The molecule has 116 valence electrons. The van der Waals surface area contributed by atoms with Crippen molar-refractivity contribution in [2.75, 3.05) is 5.32 Å². The third-order valence-electron chi connectivity index (χ3n) is 3.07. The van der Waals surface area contributed by atoms with E-state index in [-0.39, 0.29) is 5.91 Å². The van der Waals surface area contributed by atoms with Crippen LogP contribution in [0.25, 0.3) is 5.82 Å². The maximum atomic E-state index is 12.2. The van der Waals surface area contributed by atoms with Crippen LogP contribution in [0.15, 0.2) is 61.2 Å². The molecular weight excluding hydrogens is 294 g/mol. The second-order valence-corrected chi connectivity index (χ2v) is 4.77. The standard InChI is InChI=1S/C16H15N5O2/c1-12(23-13-6-3-2-4-7-13)16(22)20-14-10-15(18-11-17-14)21-9-5-8-19-21/h2-12H,1H3,(H,17,18,20,22). The molecule has 1 aromatic carbocycles. The zero-order valence-electron chi connectivity index (χ0n) is 12.5. The number of rotatable bonds is 5. The highest BCUT2D eigenvalue weighted by Crippen LogP contribution is 2.13. The minimum Gasteiger partial charge on any atom is -0.481 e. The second kappa shape index (κ2) is 6.69. The fourth-order valence-electron chi connectivity index (χ4n) is 1.93. The lowest BCUT2D eigenvalue weighted by Gasteiger charge is -2.14. The number of amides is 1. The largest absolute Gasteiger partial charge is 0.481 e. The van der Waals surface area contributed by atoms with E-state index in [0.717, 1.165) is 0 Å². The van der Waals surface area contributed by atoms with Crippen LogP contribution in [0.2, 0.25) is 0 Å². The van der Waals surface area contributed by atoms with E-state index in [9.17, 15) is 4.79 Å². The Labute approximate surface area is 133 Å². The van der Waals surface area contributed by atoms with Crippen molar-refractivity contribution in [3.63, 3.8) is 0 Å². The number of anilines is 1. The van der Waals surface area contributed by atoms with E-state index in [4.69, 9.17) is 4.74 Å². The molecule has 1 unspecified atom stereocenters. The predicted octanol–water partition coefficient (Wildman–Crippen LogP) is 2.07. The van der Waals surface area contributed by atoms with Crippen LogP contribution in [0.4, 0.5) is 5.82 Å².